The van der Waals surface area contributed by atoms with Gasteiger partial charge in [-0.1, -0.05) is 24.4 Å². The summed E-state index contributed by atoms with van der Waals surface area (Å²) in [6.07, 6.45) is 3.11. The number of rotatable bonds is 6. The van der Waals surface area contributed by atoms with Crippen molar-refractivity contribution in [2.45, 2.75) is 13.0 Å². The minimum atomic E-state index is -0.580. The molecule has 5 N–H and O–H groups in total. The lowest BCUT2D eigenvalue weighted by Gasteiger charge is -2.13. The summed E-state index contributed by atoms with van der Waals surface area (Å²) in [7, 11) is 0. The number of aryl methyl sites for hydroxylation is 1. The number of carbonyl (C=O) groups is 2. The fourth-order valence-electron chi connectivity index (χ4n) is 3.29. The largest absolute Gasteiger partial charge is 0.457 e. The lowest BCUT2D eigenvalue weighted by atomic mass is 10.1. The van der Waals surface area contributed by atoms with Gasteiger partial charge in [0.05, 0.1) is 16.1 Å². The van der Waals surface area contributed by atoms with Gasteiger partial charge in [-0.2, -0.15) is 0 Å². The zero-order valence-electron chi connectivity index (χ0n) is 17.7. The smallest absolute Gasteiger partial charge is 0.323 e. The van der Waals surface area contributed by atoms with Crippen molar-refractivity contribution in [1.82, 2.24) is 10.3 Å². The molecule has 0 fully saturated rings. The molecule has 0 radical (unpaired) electrons. The van der Waals surface area contributed by atoms with Crippen LogP contribution in [0.5, 0.6) is 11.5 Å². The zero-order chi connectivity index (χ0) is 23.4. The van der Waals surface area contributed by atoms with Crippen molar-refractivity contribution in [3.05, 3.63) is 89.9 Å². The Morgan fingerprint density at radius 3 is 2.48 bits per heavy atom. The second-order valence-electron chi connectivity index (χ2n) is 7.38. The quantitative estimate of drug-likeness (QED) is 0.410. The minimum absolute atomic E-state index is 0.276. The summed E-state index contributed by atoms with van der Waals surface area (Å²) < 4.78 is 5.91. The predicted molar refractivity (Wildman–Crippen MR) is 130 cm³/mol. The van der Waals surface area contributed by atoms with Crippen LogP contribution >= 0.6 is 12.2 Å². The first-order chi connectivity index (χ1) is 15.9. The van der Waals surface area contributed by atoms with E-state index in [-0.39, 0.29) is 11.6 Å². The first-order valence-corrected chi connectivity index (χ1v) is 10.5. The van der Waals surface area contributed by atoms with Gasteiger partial charge in [0.2, 0.25) is 0 Å². The van der Waals surface area contributed by atoms with Crippen molar-refractivity contribution in [2.24, 2.45) is 5.73 Å². The maximum atomic E-state index is 12.2. The topological polar surface area (TPSA) is 118 Å². The molecule has 3 amide bonds. The van der Waals surface area contributed by atoms with Crippen molar-refractivity contribution in [3.8, 4) is 11.5 Å². The molecule has 1 atom stereocenters. The van der Waals surface area contributed by atoms with E-state index in [1.165, 1.54) is 6.20 Å². The molecule has 8 nitrogen and oxygen atoms in total. The Morgan fingerprint density at radius 2 is 1.79 bits per heavy atom. The predicted octanol–water partition coefficient (Wildman–Crippen LogP) is 4.21. The number of pyridine rings is 1. The number of nitrogens with one attached hydrogen (secondary N) is 3. The first kappa shape index (κ1) is 22.0. The SMILES string of the molecule is Cc1cccc(NC(=O)Nc2ccc(Oc3ccnc(C4NC=C(C(N)=O)C4=S)c3)cc2)c1. The first-order valence-electron chi connectivity index (χ1n) is 10.1. The van der Waals surface area contributed by atoms with Crippen molar-refractivity contribution in [2.75, 3.05) is 10.6 Å². The average Bonchev–Trinajstić information content (AvgIpc) is 3.17. The summed E-state index contributed by atoms with van der Waals surface area (Å²) in [5.41, 5.74) is 8.62. The van der Waals surface area contributed by atoms with E-state index in [0.29, 0.717) is 27.7 Å². The summed E-state index contributed by atoms with van der Waals surface area (Å²) >= 11 is 5.34. The number of ether oxygens (including phenoxy) is 1. The molecule has 166 valence electrons. The second kappa shape index (κ2) is 9.49. The van der Waals surface area contributed by atoms with E-state index in [1.807, 2.05) is 31.2 Å². The summed E-state index contributed by atoms with van der Waals surface area (Å²) in [6.45, 7) is 1.96. The fourth-order valence-corrected chi connectivity index (χ4v) is 3.64. The normalized spacial score (nSPS) is 14.8. The number of aromatic nitrogens is 1. The van der Waals surface area contributed by atoms with Gasteiger partial charge >= 0.3 is 6.03 Å². The van der Waals surface area contributed by atoms with E-state index >= 15 is 0 Å². The lowest BCUT2D eigenvalue weighted by molar-refractivity contribution is -0.114. The molecule has 0 aliphatic carbocycles. The Labute approximate surface area is 195 Å². The van der Waals surface area contributed by atoms with Crippen LogP contribution in [0, 0.1) is 6.92 Å². The highest BCUT2D eigenvalue weighted by Gasteiger charge is 2.28. The molecule has 9 heteroatoms. The summed E-state index contributed by atoms with van der Waals surface area (Å²) in [6, 6.07) is 17.2. The van der Waals surface area contributed by atoms with Gasteiger partial charge in [-0.25, -0.2) is 4.79 Å². The summed E-state index contributed by atoms with van der Waals surface area (Å²) in [5, 5.41) is 8.60. The van der Waals surface area contributed by atoms with Gasteiger partial charge < -0.3 is 26.4 Å². The van der Waals surface area contributed by atoms with E-state index < -0.39 is 11.9 Å². The molecule has 3 aromatic rings. The molecule has 1 unspecified atom stereocenters. The molecule has 2 aromatic carbocycles. The molecule has 4 rings (SSSR count). The molecule has 0 saturated heterocycles. The number of carbonyl (C=O) groups excluding carboxylic acids is 2. The third kappa shape index (κ3) is 5.34. The van der Waals surface area contributed by atoms with Gasteiger partial charge in [-0.05, 0) is 55.0 Å². The number of benzene rings is 2. The highest BCUT2D eigenvalue weighted by molar-refractivity contribution is 7.81. The maximum Gasteiger partial charge on any atom is 0.323 e. The number of hydrogen-bond donors (Lipinski definition) is 4. The standard InChI is InChI=1S/C24H21N5O3S/c1-14-3-2-4-16(11-14)29-24(31)28-15-5-7-17(8-6-15)32-18-9-10-26-20(12-18)21-22(33)19(13-27-21)23(25)30/h2-13,21,27H,1H3,(H2,25,30)(H2,28,29,31). The Bertz CT molecular complexity index is 1260. The van der Waals surface area contributed by atoms with Gasteiger partial charge in [0.1, 0.15) is 17.5 Å². The van der Waals surface area contributed by atoms with Crippen molar-refractivity contribution < 1.29 is 14.3 Å². The molecule has 1 aliphatic rings. The third-order valence-corrected chi connectivity index (χ3v) is 5.32. The average molecular weight is 460 g/mol. The zero-order valence-corrected chi connectivity index (χ0v) is 18.5. The second-order valence-corrected chi connectivity index (χ2v) is 7.82. The van der Waals surface area contributed by atoms with Crippen LogP contribution in [0.2, 0.25) is 0 Å². The Kier molecular flexibility index (Phi) is 6.32. The van der Waals surface area contributed by atoms with Crippen molar-refractivity contribution in [1.29, 1.82) is 0 Å². The number of urea groups is 1. The molecular formula is C24H21N5O3S. The number of nitrogens with zero attached hydrogens (tertiary/aromatic N) is 1. The molecule has 0 spiro atoms. The van der Waals surface area contributed by atoms with Crippen molar-refractivity contribution in [3.63, 3.8) is 0 Å². The van der Waals surface area contributed by atoms with E-state index in [4.69, 9.17) is 22.7 Å². The molecule has 1 aliphatic heterocycles. The monoisotopic (exact) mass is 459 g/mol. The van der Waals surface area contributed by atoms with Crippen LogP contribution in [-0.2, 0) is 4.79 Å². The number of nitrogens with two attached hydrogens (primary N) is 1. The number of thiocarbonyl (C=S) groups is 1. The number of hydrogen-bond acceptors (Lipinski definition) is 6. The van der Waals surface area contributed by atoms with E-state index in [1.54, 1.807) is 42.6 Å². The van der Waals surface area contributed by atoms with Gasteiger partial charge in [0, 0.05) is 29.8 Å². The number of anilines is 2. The highest BCUT2D eigenvalue weighted by atomic mass is 32.1. The van der Waals surface area contributed by atoms with Crippen LogP contribution in [0.4, 0.5) is 16.2 Å². The van der Waals surface area contributed by atoms with Crippen LogP contribution in [-0.4, -0.2) is 21.8 Å². The summed E-state index contributed by atoms with van der Waals surface area (Å²) in [4.78, 5) is 28.4. The lowest BCUT2D eigenvalue weighted by Crippen LogP contribution is -2.22. The van der Waals surface area contributed by atoms with Crippen LogP contribution in [0.1, 0.15) is 17.3 Å². The molecule has 0 bridgehead atoms. The molecule has 2 heterocycles. The van der Waals surface area contributed by atoms with Crippen LogP contribution in [0.3, 0.4) is 0 Å². The maximum absolute atomic E-state index is 12.2. The Balaban J connectivity index is 1.37. The number of primary amides is 1. The van der Waals surface area contributed by atoms with Gasteiger partial charge in [0.15, 0.2) is 0 Å². The third-order valence-electron chi connectivity index (χ3n) is 4.86. The van der Waals surface area contributed by atoms with Gasteiger partial charge in [-0.3, -0.25) is 9.78 Å². The molecule has 33 heavy (non-hydrogen) atoms. The molecule has 1 aromatic heterocycles. The van der Waals surface area contributed by atoms with Crippen LogP contribution in [0.25, 0.3) is 0 Å². The van der Waals surface area contributed by atoms with E-state index in [0.717, 1.165) is 11.3 Å². The molecule has 0 saturated carbocycles. The van der Waals surface area contributed by atoms with Gasteiger partial charge in [0.25, 0.3) is 5.91 Å². The van der Waals surface area contributed by atoms with Crippen LogP contribution in [0.15, 0.2) is 78.6 Å². The van der Waals surface area contributed by atoms with Crippen molar-refractivity contribution >= 4 is 40.4 Å². The van der Waals surface area contributed by atoms with E-state index in [9.17, 15) is 9.59 Å². The Morgan fingerprint density at radius 1 is 1.03 bits per heavy atom. The van der Waals surface area contributed by atoms with E-state index in [2.05, 4.69) is 20.9 Å². The Hall–Kier alpha value is -4.24. The fraction of sp³-hybridized carbons (Fsp3) is 0.0833. The molecular weight excluding hydrogens is 438 g/mol. The minimum Gasteiger partial charge on any atom is -0.457 e. The number of amides is 3. The highest BCUT2D eigenvalue weighted by Crippen LogP contribution is 2.28. The van der Waals surface area contributed by atoms with Crippen LogP contribution < -0.4 is 26.4 Å². The van der Waals surface area contributed by atoms with Gasteiger partial charge in [-0.15, -0.1) is 0 Å². The summed E-state index contributed by atoms with van der Waals surface area (Å²) in [5.74, 6) is 0.549.